The summed E-state index contributed by atoms with van der Waals surface area (Å²) in [5.74, 6) is 1.50. The SMILES string of the molecule is CCOc1ccc(CCNC(=O)NCCc2cccc(Br)c2)cc1OCC. The van der Waals surface area contributed by atoms with Crippen molar-refractivity contribution < 1.29 is 14.3 Å². The molecule has 0 atom stereocenters. The Morgan fingerprint density at radius 3 is 2.15 bits per heavy atom. The Morgan fingerprint density at radius 1 is 0.889 bits per heavy atom. The van der Waals surface area contributed by atoms with Crippen molar-refractivity contribution in [1.82, 2.24) is 10.6 Å². The van der Waals surface area contributed by atoms with Crippen LogP contribution in [0.25, 0.3) is 0 Å². The van der Waals surface area contributed by atoms with E-state index in [9.17, 15) is 4.79 Å². The largest absolute Gasteiger partial charge is 0.490 e. The average Bonchev–Trinajstić information content (AvgIpc) is 2.64. The molecule has 6 heteroatoms. The standard InChI is InChI=1S/C21H27BrN2O3/c1-3-26-19-9-8-17(15-20(19)27-4-2)11-13-24-21(25)23-12-10-16-6-5-7-18(22)14-16/h5-9,14-15H,3-4,10-13H2,1-2H3,(H2,23,24,25). The summed E-state index contributed by atoms with van der Waals surface area (Å²) in [6.07, 6.45) is 1.52. The summed E-state index contributed by atoms with van der Waals surface area (Å²) in [4.78, 5) is 11.9. The van der Waals surface area contributed by atoms with Crippen molar-refractivity contribution in [2.45, 2.75) is 26.7 Å². The number of urea groups is 1. The van der Waals surface area contributed by atoms with Crippen LogP contribution in [-0.4, -0.2) is 32.3 Å². The second-order valence-electron chi connectivity index (χ2n) is 5.96. The fraction of sp³-hybridized carbons (Fsp3) is 0.381. The van der Waals surface area contributed by atoms with Gasteiger partial charge in [-0.3, -0.25) is 0 Å². The Balaban J connectivity index is 1.73. The van der Waals surface area contributed by atoms with E-state index in [-0.39, 0.29) is 6.03 Å². The van der Waals surface area contributed by atoms with E-state index >= 15 is 0 Å². The van der Waals surface area contributed by atoms with Crippen LogP contribution in [0.1, 0.15) is 25.0 Å². The van der Waals surface area contributed by atoms with Gasteiger partial charge in [0.25, 0.3) is 0 Å². The maximum absolute atomic E-state index is 11.9. The molecule has 0 radical (unpaired) electrons. The lowest BCUT2D eigenvalue weighted by molar-refractivity contribution is 0.241. The lowest BCUT2D eigenvalue weighted by Gasteiger charge is -2.13. The van der Waals surface area contributed by atoms with Crippen molar-refractivity contribution in [3.05, 3.63) is 58.1 Å². The van der Waals surface area contributed by atoms with Gasteiger partial charge in [-0.25, -0.2) is 4.79 Å². The predicted octanol–water partition coefficient (Wildman–Crippen LogP) is 4.33. The molecule has 0 aliphatic rings. The average molecular weight is 435 g/mol. The molecule has 2 rings (SSSR count). The molecule has 0 aliphatic heterocycles. The van der Waals surface area contributed by atoms with E-state index in [4.69, 9.17) is 9.47 Å². The van der Waals surface area contributed by atoms with Gasteiger partial charge in [0.1, 0.15) is 0 Å². The zero-order chi connectivity index (χ0) is 19.5. The number of nitrogens with one attached hydrogen (secondary N) is 2. The van der Waals surface area contributed by atoms with Gasteiger partial charge in [0, 0.05) is 17.6 Å². The summed E-state index contributed by atoms with van der Waals surface area (Å²) in [6.45, 7) is 6.23. The van der Waals surface area contributed by atoms with Crippen molar-refractivity contribution in [2.24, 2.45) is 0 Å². The fourth-order valence-corrected chi connectivity index (χ4v) is 3.09. The fourth-order valence-electron chi connectivity index (χ4n) is 2.65. The highest BCUT2D eigenvalue weighted by Crippen LogP contribution is 2.28. The lowest BCUT2D eigenvalue weighted by atomic mass is 10.1. The van der Waals surface area contributed by atoms with Gasteiger partial charge < -0.3 is 20.1 Å². The van der Waals surface area contributed by atoms with E-state index in [1.807, 2.05) is 50.2 Å². The molecule has 2 amide bonds. The highest BCUT2D eigenvalue weighted by molar-refractivity contribution is 9.10. The van der Waals surface area contributed by atoms with Crippen LogP contribution >= 0.6 is 15.9 Å². The first-order valence-electron chi connectivity index (χ1n) is 9.27. The number of amides is 2. The van der Waals surface area contributed by atoms with E-state index in [0.717, 1.165) is 34.4 Å². The van der Waals surface area contributed by atoms with Crippen LogP contribution in [0, 0.1) is 0 Å². The van der Waals surface area contributed by atoms with Crippen molar-refractivity contribution in [3.63, 3.8) is 0 Å². The minimum Gasteiger partial charge on any atom is -0.490 e. The lowest BCUT2D eigenvalue weighted by Crippen LogP contribution is -2.37. The van der Waals surface area contributed by atoms with Crippen LogP contribution in [-0.2, 0) is 12.8 Å². The molecular weight excluding hydrogens is 408 g/mol. The molecule has 2 aromatic carbocycles. The minimum absolute atomic E-state index is 0.152. The third-order valence-electron chi connectivity index (χ3n) is 3.90. The van der Waals surface area contributed by atoms with Crippen LogP contribution in [0.5, 0.6) is 11.5 Å². The molecule has 2 N–H and O–H groups in total. The van der Waals surface area contributed by atoms with Crippen molar-refractivity contribution >= 4 is 22.0 Å². The van der Waals surface area contributed by atoms with E-state index in [2.05, 4.69) is 32.6 Å². The molecule has 5 nitrogen and oxygen atoms in total. The first kappa shape index (κ1) is 21.1. The molecule has 146 valence electrons. The summed E-state index contributed by atoms with van der Waals surface area (Å²) in [6, 6.07) is 13.8. The molecule has 27 heavy (non-hydrogen) atoms. The number of rotatable bonds is 10. The smallest absolute Gasteiger partial charge is 0.314 e. The maximum Gasteiger partial charge on any atom is 0.314 e. The molecule has 2 aromatic rings. The van der Waals surface area contributed by atoms with Gasteiger partial charge in [0.15, 0.2) is 11.5 Å². The summed E-state index contributed by atoms with van der Waals surface area (Å²) >= 11 is 3.45. The monoisotopic (exact) mass is 434 g/mol. The van der Waals surface area contributed by atoms with Gasteiger partial charge >= 0.3 is 6.03 Å². The molecule has 0 heterocycles. The maximum atomic E-state index is 11.9. The molecular formula is C21H27BrN2O3. The number of hydrogen-bond donors (Lipinski definition) is 2. The summed E-state index contributed by atoms with van der Waals surface area (Å²) < 4.78 is 12.2. The van der Waals surface area contributed by atoms with Gasteiger partial charge in [-0.2, -0.15) is 0 Å². The van der Waals surface area contributed by atoms with E-state index in [1.54, 1.807) is 0 Å². The number of carbonyl (C=O) groups is 1. The van der Waals surface area contributed by atoms with E-state index in [0.29, 0.717) is 26.3 Å². The topological polar surface area (TPSA) is 59.6 Å². The highest BCUT2D eigenvalue weighted by atomic mass is 79.9. The summed E-state index contributed by atoms with van der Waals surface area (Å²) in [5, 5.41) is 5.77. The van der Waals surface area contributed by atoms with Crippen molar-refractivity contribution in [3.8, 4) is 11.5 Å². The van der Waals surface area contributed by atoms with Crippen LogP contribution < -0.4 is 20.1 Å². The molecule has 0 spiro atoms. The molecule has 0 saturated carbocycles. The molecule has 0 aliphatic carbocycles. The van der Waals surface area contributed by atoms with Gasteiger partial charge in [-0.05, 0) is 62.1 Å². The Morgan fingerprint density at radius 2 is 1.52 bits per heavy atom. The number of halogens is 1. The summed E-state index contributed by atoms with van der Waals surface area (Å²) in [5.41, 5.74) is 2.28. The number of ether oxygens (including phenoxy) is 2. The molecule has 0 fully saturated rings. The molecule has 0 unspecified atom stereocenters. The van der Waals surface area contributed by atoms with Crippen molar-refractivity contribution in [1.29, 1.82) is 0 Å². The number of carbonyl (C=O) groups excluding carboxylic acids is 1. The zero-order valence-corrected chi connectivity index (χ0v) is 17.5. The first-order chi connectivity index (χ1) is 13.1. The second kappa shape index (κ2) is 11.5. The number of benzene rings is 2. The highest BCUT2D eigenvalue weighted by Gasteiger charge is 2.07. The molecule has 0 bridgehead atoms. The van der Waals surface area contributed by atoms with Gasteiger partial charge in [0.2, 0.25) is 0 Å². The third-order valence-corrected chi connectivity index (χ3v) is 4.39. The number of hydrogen-bond acceptors (Lipinski definition) is 3. The Bertz CT molecular complexity index is 737. The van der Waals surface area contributed by atoms with Crippen LogP contribution in [0.15, 0.2) is 46.9 Å². The van der Waals surface area contributed by atoms with Gasteiger partial charge in [-0.15, -0.1) is 0 Å². The van der Waals surface area contributed by atoms with Crippen LogP contribution in [0.3, 0.4) is 0 Å². The molecule has 0 aromatic heterocycles. The van der Waals surface area contributed by atoms with E-state index in [1.165, 1.54) is 5.56 Å². The zero-order valence-electron chi connectivity index (χ0n) is 15.9. The Labute approximate surface area is 169 Å². The third kappa shape index (κ3) is 7.51. The summed E-state index contributed by atoms with van der Waals surface area (Å²) in [7, 11) is 0. The predicted molar refractivity (Wildman–Crippen MR) is 112 cm³/mol. The quantitative estimate of drug-likeness (QED) is 0.584. The van der Waals surface area contributed by atoms with Crippen molar-refractivity contribution in [2.75, 3.05) is 26.3 Å². The Kier molecular flexibility index (Phi) is 8.98. The van der Waals surface area contributed by atoms with Gasteiger partial charge in [-0.1, -0.05) is 34.1 Å². The van der Waals surface area contributed by atoms with Gasteiger partial charge in [0.05, 0.1) is 13.2 Å². The van der Waals surface area contributed by atoms with Crippen LogP contribution in [0.4, 0.5) is 4.79 Å². The Hall–Kier alpha value is -2.21. The minimum atomic E-state index is -0.152. The normalized spacial score (nSPS) is 10.3. The first-order valence-corrected chi connectivity index (χ1v) is 10.1. The second-order valence-corrected chi connectivity index (χ2v) is 6.88. The van der Waals surface area contributed by atoms with Crippen LogP contribution in [0.2, 0.25) is 0 Å². The molecule has 0 saturated heterocycles. The van der Waals surface area contributed by atoms with E-state index < -0.39 is 0 Å².